The Kier molecular flexibility index (Phi) is 3.22. The summed E-state index contributed by atoms with van der Waals surface area (Å²) in [6.07, 6.45) is 0.854. The van der Waals surface area contributed by atoms with Crippen LogP contribution in [0, 0.1) is 5.21 Å². The molecular formula is C12H15N3O. The first kappa shape index (κ1) is 10.7. The summed E-state index contributed by atoms with van der Waals surface area (Å²) >= 11 is 0. The molecule has 0 aliphatic carbocycles. The molecule has 0 atom stereocenters. The first-order chi connectivity index (χ1) is 7.83. The van der Waals surface area contributed by atoms with Crippen molar-refractivity contribution in [2.24, 2.45) is 5.73 Å². The Morgan fingerprint density at radius 1 is 1.19 bits per heavy atom. The van der Waals surface area contributed by atoms with E-state index in [-0.39, 0.29) is 0 Å². The van der Waals surface area contributed by atoms with E-state index in [0.29, 0.717) is 17.9 Å². The summed E-state index contributed by atoms with van der Waals surface area (Å²) in [5.41, 5.74) is 6.08. The van der Waals surface area contributed by atoms with Crippen LogP contribution in [0.1, 0.15) is 6.42 Å². The number of nitrogens with zero attached hydrogens (tertiary/aromatic N) is 1. The number of fused-ring (bicyclic) bond motifs is 1. The van der Waals surface area contributed by atoms with Gasteiger partial charge in [0.25, 0.3) is 5.82 Å². The zero-order valence-electron chi connectivity index (χ0n) is 9.02. The van der Waals surface area contributed by atoms with Gasteiger partial charge in [-0.1, -0.05) is 18.2 Å². The normalized spacial score (nSPS) is 10.6. The maximum atomic E-state index is 11.9. The molecule has 1 aromatic heterocycles. The van der Waals surface area contributed by atoms with Crippen molar-refractivity contribution in [3.8, 4) is 0 Å². The summed E-state index contributed by atoms with van der Waals surface area (Å²) in [7, 11) is 0. The molecule has 0 radical (unpaired) electrons. The van der Waals surface area contributed by atoms with Crippen LogP contribution in [0.25, 0.3) is 10.9 Å². The maximum absolute atomic E-state index is 11.9. The van der Waals surface area contributed by atoms with Gasteiger partial charge in [0.05, 0.1) is 6.54 Å². The lowest BCUT2D eigenvalue weighted by atomic mass is 10.2. The van der Waals surface area contributed by atoms with Gasteiger partial charge in [0.1, 0.15) is 5.52 Å². The second-order valence-electron chi connectivity index (χ2n) is 3.64. The number of nitrogens with two attached hydrogens (primary N) is 1. The largest absolute Gasteiger partial charge is 0.710 e. The SMILES string of the molecule is NCCCNc1ccc2ccccc2[n+]1[O-]. The van der Waals surface area contributed by atoms with Gasteiger partial charge in [0, 0.05) is 11.5 Å². The Labute approximate surface area is 94.3 Å². The van der Waals surface area contributed by atoms with Crippen LogP contribution in [0.3, 0.4) is 0 Å². The molecule has 0 aliphatic heterocycles. The number of hydrogen-bond acceptors (Lipinski definition) is 3. The molecule has 0 bridgehead atoms. The topological polar surface area (TPSA) is 65.0 Å². The third-order valence-electron chi connectivity index (χ3n) is 2.48. The molecule has 0 spiro atoms. The number of pyridine rings is 1. The number of aromatic nitrogens is 1. The predicted molar refractivity (Wildman–Crippen MR) is 65.1 cm³/mol. The first-order valence-corrected chi connectivity index (χ1v) is 5.38. The zero-order valence-corrected chi connectivity index (χ0v) is 9.02. The van der Waals surface area contributed by atoms with Crippen molar-refractivity contribution in [2.75, 3.05) is 18.4 Å². The van der Waals surface area contributed by atoms with Crippen molar-refractivity contribution in [2.45, 2.75) is 6.42 Å². The molecule has 3 N–H and O–H groups in total. The molecule has 1 aromatic carbocycles. The quantitative estimate of drug-likeness (QED) is 0.460. The van der Waals surface area contributed by atoms with Crippen molar-refractivity contribution in [1.82, 2.24) is 0 Å². The van der Waals surface area contributed by atoms with Gasteiger partial charge in [-0.25, -0.2) is 4.73 Å². The van der Waals surface area contributed by atoms with E-state index < -0.39 is 0 Å². The fourth-order valence-corrected chi connectivity index (χ4v) is 1.63. The highest BCUT2D eigenvalue weighted by atomic mass is 16.5. The van der Waals surface area contributed by atoms with E-state index in [1.54, 1.807) is 6.07 Å². The lowest BCUT2D eigenvalue weighted by molar-refractivity contribution is -0.561. The number of anilines is 1. The van der Waals surface area contributed by atoms with E-state index in [1.807, 2.05) is 30.3 Å². The second kappa shape index (κ2) is 4.81. The second-order valence-corrected chi connectivity index (χ2v) is 3.64. The molecular weight excluding hydrogens is 202 g/mol. The highest BCUT2D eigenvalue weighted by Gasteiger charge is 2.05. The molecule has 4 heteroatoms. The molecule has 2 aromatic rings. The van der Waals surface area contributed by atoms with Crippen LogP contribution in [-0.2, 0) is 0 Å². The number of nitrogens with one attached hydrogen (secondary N) is 1. The molecule has 0 saturated carbocycles. The van der Waals surface area contributed by atoms with Crippen LogP contribution in [-0.4, -0.2) is 13.1 Å². The molecule has 0 aliphatic rings. The number of para-hydroxylation sites is 1. The van der Waals surface area contributed by atoms with Gasteiger partial charge in [-0.2, -0.15) is 0 Å². The number of rotatable bonds is 4. The van der Waals surface area contributed by atoms with E-state index >= 15 is 0 Å². The van der Waals surface area contributed by atoms with E-state index in [2.05, 4.69) is 5.32 Å². The smallest absolute Gasteiger partial charge is 0.277 e. The fraction of sp³-hybridized carbons (Fsp3) is 0.250. The van der Waals surface area contributed by atoms with Crippen LogP contribution >= 0.6 is 0 Å². The van der Waals surface area contributed by atoms with Crippen molar-refractivity contribution in [1.29, 1.82) is 0 Å². The maximum Gasteiger partial charge on any atom is 0.277 e. The minimum absolute atomic E-state index is 0.576. The molecule has 1 heterocycles. The third kappa shape index (κ3) is 2.06. The fourth-order valence-electron chi connectivity index (χ4n) is 1.63. The molecule has 16 heavy (non-hydrogen) atoms. The van der Waals surface area contributed by atoms with Crippen LogP contribution in [0.4, 0.5) is 5.82 Å². The van der Waals surface area contributed by atoms with E-state index in [1.165, 1.54) is 0 Å². The monoisotopic (exact) mass is 217 g/mol. The van der Waals surface area contributed by atoms with Gasteiger partial charge in [0.2, 0.25) is 0 Å². The minimum atomic E-state index is 0.576. The molecule has 0 fully saturated rings. The summed E-state index contributed by atoms with van der Waals surface area (Å²) < 4.78 is 0.922. The van der Waals surface area contributed by atoms with Crippen molar-refractivity contribution in [3.63, 3.8) is 0 Å². The standard InChI is InChI=1S/C12H15N3O/c13-8-3-9-14-12-7-6-10-4-1-2-5-11(10)15(12)16/h1-2,4-7,14H,3,8-9,13H2. The van der Waals surface area contributed by atoms with E-state index in [4.69, 9.17) is 5.73 Å². The van der Waals surface area contributed by atoms with Crippen LogP contribution in [0.2, 0.25) is 0 Å². The minimum Gasteiger partial charge on any atom is -0.710 e. The van der Waals surface area contributed by atoms with Gasteiger partial charge < -0.3 is 10.9 Å². The predicted octanol–water partition coefficient (Wildman–Crippen LogP) is 1.23. The van der Waals surface area contributed by atoms with E-state index in [9.17, 15) is 5.21 Å². The van der Waals surface area contributed by atoms with Gasteiger partial charge >= 0.3 is 0 Å². The summed E-state index contributed by atoms with van der Waals surface area (Å²) in [5, 5.41) is 16.0. The molecule has 4 nitrogen and oxygen atoms in total. The molecule has 2 rings (SSSR count). The Bertz CT molecular complexity index is 485. The summed E-state index contributed by atoms with van der Waals surface area (Å²) in [6.45, 7) is 1.34. The Morgan fingerprint density at radius 3 is 2.81 bits per heavy atom. The van der Waals surface area contributed by atoms with Crippen molar-refractivity contribution >= 4 is 16.7 Å². The summed E-state index contributed by atoms with van der Waals surface area (Å²) in [5.74, 6) is 0.576. The summed E-state index contributed by atoms with van der Waals surface area (Å²) in [6, 6.07) is 11.3. The van der Waals surface area contributed by atoms with Crippen LogP contribution in [0.5, 0.6) is 0 Å². The molecule has 0 amide bonds. The molecule has 0 unspecified atom stereocenters. The van der Waals surface area contributed by atoms with Gasteiger partial charge in [-0.05, 0) is 25.1 Å². The zero-order chi connectivity index (χ0) is 11.4. The highest BCUT2D eigenvalue weighted by Crippen LogP contribution is 2.12. The third-order valence-corrected chi connectivity index (χ3v) is 2.48. The molecule has 84 valence electrons. The average Bonchev–Trinajstić information content (AvgIpc) is 2.33. The van der Waals surface area contributed by atoms with Gasteiger partial charge in [0.15, 0.2) is 0 Å². The van der Waals surface area contributed by atoms with Crippen LogP contribution in [0.15, 0.2) is 36.4 Å². The molecule has 0 saturated heterocycles. The van der Waals surface area contributed by atoms with Crippen molar-refractivity contribution < 1.29 is 4.73 Å². The Morgan fingerprint density at radius 2 is 2.00 bits per heavy atom. The Hall–Kier alpha value is -1.81. The van der Waals surface area contributed by atoms with E-state index in [0.717, 1.165) is 23.1 Å². The Balaban J connectivity index is 2.29. The average molecular weight is 217 g/mol. The van der Waals surface area contributed by atoms with Crippen LogP contribution < -0.4 is 15.8 Å². The van der Waals surface area contributed by atoms with Gasteiger partial charge in [-0.15, -0.1) is 0 Å². The lowest BCUT2D eigenvalue weighted by Crippen LogP contribution is -2.32. The number of hydrogen-bond donors (Lipinski definition) is 2. The number of benzene rings is 1. The van der Waals surface area contributed by atoms with Crippen molar-refractivity contribution in [3.05, 3.63) is 41.6 Å². The summed E-state index contributed by atoms with van der Waals surface area (Å²) in [4.78, 5) is 0. The first-order valence-electron chi connectivity index (χ1n) is 5.38. The van der Waals surface area contributed by atoms with Gasteiger partial charge in [-0.3, -0.25) is 5.32 Å². The highest BCUT2D eigenvalue weighted by molar-refractivity contribution is 5.76. The lowest BCUT2D eigenvalue weighted by Gasteiger charge is -2.11.